The molecule has 1 unspecified atom stereocenters. The largest absolute Gasteiger partial charge is 0.294 e. The number of ketones is 1. The molecule has 1 aliphatic carbocycles. The molecule has 3 nitrogen and oxygen atoms in total. The molecule has 2 aromatic rings. The molecule has 0 N–H and O–H groups in total. The summed E-state index contributed by atoms with van der Waals surface area (Å²) < 4.78 is 2.10. The molecule has 0 aliphatic heterocycles. The first-order valence-corrected chi connectivity index (χ1v) is 7.87. The Bertz CT molecular complexity index is 597. The van der Waals surface area contributed by atoms with Crippen molar-refractivity contribution in [3.8, 4) is 0 Å². The molecule has 1 aliphatic rings. The molecule has 1 atom stereocenters. The van der Waals surface area contributed by atoms with Crippen LogP contribution in [0.3, 0.4) is 0 Å². The van der Waals surface area contributed by atoms with Gasteiger partial charge in [0.05, 0.1) is 11.7 Å². The van der Waals surface area contributed by atoms with Crippen LogP contribution in [0.1, 0.15) is 54.7 Å². The quantitative estimate of drug-likeness (QED) is 0.775. The number of hydrogen-bond acceptors (Lipinski definition) is 2. The van der Waals surface area contributed by atoms with Gasteiger partial charge in [-0.25, -0.2) is 0 Å². The van der Waals surface area contributed by atoms with Crippen LogP contribution in [0.5, 0.6) is 0 Å². The molecule has 0 amide bonds. The highest BCUT2D eigenvalue weighted by atomic mass is 16.1. The lowest BCUT2D eigenvalue weighted by molar-refractivity contribution is 0.0928. The van der Waals surface area contributed by atoms with Gasteiger partial charge in [0.2, 0.25) is 0 Å². The van der Waals surface area contributed by atoms with Crippen molar-refractivity contribution >= 4 is 5.78 Å². The van der Waals surface area contributed by atoms with Gasteiger partial charge in [0.1, 0.15) is 0 Å². The predicted octanol–water partition coefficient (Wildman–Crippen LogP) is 4.06. The molecule has 3 rings (SSSR count). The van der Waals surface area contributed by atoms with E-state index in [0.29, 0.717) is 12.5 Å². The second-order valence-corrected chi connectivity index (χ2v) is 6.06. The summed E-state index contributed by atoms with van der Waals surface area (Å²) >= 11 is 0. The molecule has 0 saturated heterocycles. The minimum absolute atomic E-state index is 0.0284. The molecule has 0 radical (unpaired) electrons. The van der Waals surface area contributed by atoms with Crippen LogP contribution in [0.15, 0.2) is 42.6 Å². The minimum Gasteiger partial charge on any atom is -0.294 e. The zero-order valence-electron chi connectivity index (χ0n) is 12.5. The molecular weight excluding hydrogens is 260 g/mol. The third-order valence-electron chi connectivity index (χ3n) is 4.38. The number of carbonyl (C=O) groups is 1. The molecule has 1 aromatic carbocycles. The van der Waals surface area contributed by atoms with E-state index in [9.17, 15) is 4.79 Å². The lowest BCUT2D eigenvalue weighted by atomic mass is 9.95. The number of nitrogens with zero attached hydrogens (tertiary/aromatic N) is 2. The summed E-state index contributed by atoms with van der Waals surface area (Å²) in [6.07, 6.45) is 7.88. The summed E-state index contributed by atoms with van der Waals surface area (Å²) in [5.74, 6) is 0.172. The van der Waals surface area contributed by atoms with E-state index in [1.165, 1.54) is 25.7 Å². The second-order valence-electron chi connectivity index (χ2n) is 6.06. The Morgan fingerprint density at radius 1 is 1.24 bits per heavy atom. The van der Waals surface area contributed by atoms with Gasteiger partial charge in [-0.2, -0.15) is 5.10 Å². The van der Waals surface area contributed by atoms with E-state index < -0.39 is 0 Å². The number of Topliss-reactive ketones (excluding diaryl/α,β-unsaturated/α-hetero) is 1. The zero-order chi connectivity index (χ0) is 14.7. The maximum absolute atomic E-state index is 12.4. The van der Waals surface area contributed by atoms with Crippen molar-refractivity contribution in [1.29, 1.82) is 0 Å². The van der Waals surface area contributed by atoms with E-state index in [2.05, 4.69) is 22.0 Å². The smallest absolute Gasteiger partial charge is 0.166 e. The van der Waals surface area contributed by atoms with Gasteiger partial charge in [-0.15, -0.1) is 0 Å². The molecule has 110 valence electrons. The lowest BCUT2D eigenvalue weighted by Crippen LogP contribution is -2.14. The van der Waals surface area contributed by atoms with Gasteiger partial charge in [0, 0.05) is 24.1 Å². The Balaban J connectivity index is 1.64. The van der Waals surface area contributed by atoms with Gasteiger partial charge in [-0.05, 0) is 18.9 Å². The maximum atomic E-state index is 12.4. The van der Waals surface area contributed by atoms with Crippen LogP contribution >= 0.6 is 0 Å². The molecule has 0 spiro atoms. The van der Waals surface area contributed by atoms with Crippen LogP contribution in [-0.2, 0) is 6.42 Å². The van der Waals surface area contributed by atoms with Crippen molar-refractivity contribution < 1.29 is 4.79 Å². The topological polar surface area (TPSA) is 34.9 Å². The van der Waals surface area contributed by atoms with E-state index >= 15 is 0 Å². The van der Waals surface area contributed by atoms with Crippen LogP contribution in [0, 0.1) is 5.92 Å². The van der Waals surface area contributed by atoms with Gasteiger partial charge >= 0.3 is 0 Å². The Morgan fingerprint density at radius 3 is 2.67 bits per heavy atom. The van der Waals surface area contributed by atoms with E-state index in [4.69, 9.17) is 0 Å². The predicted molar refractivity (Wildman–Crippen MR) is 83.4 cm³/mol. The van der Waals surface area contributed by atoms with Crippen LogP contribution in [-0.4, -0.2) is 15.6 Å². The number of aromatic nitrogens is 2. The molecule has 21 heavy (non-hydrogen) atoms. The Morgan fingerprint density at radius 2 is 1.95 bits per heavy atom. The van der Waals surface area contributed by atoms with Crippen LogP contribution < -0.4 is 0 Å². The molecule has 3 heteroatoms. The fraction of sp³-hybridized carbons (Fsp3) is 0.444. The van der Waals surface area contributed by atoms with Gasteiger partial charge < -0.3 is 0 Å². The first kappa shape index (κ1) is 14.1. The average Bonchev–Trinajstić information content (AvgIpc) is 3.18. The number of rotatable bonds is 5. The summed E-state index contributed by atoms with van der Waals surface area (Å²) in [7, 11) is 0. The van der Waals surface area contributed by atoms with Crippen molar-refractivity contribution in [1.82, 2.24) is 9.78 Å². The van der Waals surface area contributed by atoms with Crippen LogP contribution in [0.2, 0.25) is 0 Å². The monoisotopic (exact) mass is 282 g/mol. The number of benzene rings is 1. The zero-order valence-corrected chi connectivity index (χ0v) is 12.5. The van der Waals surface area contributed by atoms with Gasteiger partial charge in [0.15, 0.2) is 5.78 Å². The van der Waals surface area contributed by atoms with E-state index in [-0.39, 0.29) is 11.7 Å². The van der Waals surface area contributed by atoms with Crippen LogP contribution in [0.25, 0.3) is 0 Å². The van der Waals surface area contributed by atoms with Crippen molar-refractivity contribution in [2.24, 2.45) is 5.92 Å². The normalized spacial score (nSPS) is 17.0. The molecular formula is C18H22N2O. The molecule has 1 fully saturated rings. The van der Waals surface area contributed by atoms with Crippen LogP contribution in [0.4, 0.5) is 0 Å². The number of carbonyl (C=O) groups excluding carboxylic acids is 1. The Labute approximate surface area is 126 Å². The molecule has 1 saturated carbocycles. The Kier molecular flexibility index (Phi) is 4.18. The highest BCUT2D eigenvalue weighted by molar-refractivity contribution is 5.97. The third kappa shape index (κ3) is 3.23. The highest BCUT2D eigenvalue weighted by Crippen LogP contribution is 2.28. The van der Waals surface area contributed by atoms with Crippen molar-refractivity contribution in [2.45, 2.75) is 45.1 Å². The van der Waals surface area contributed by atoms with E-state index in [0.717, 1.165) is 11.3 Å². The Hall–Kier alpha value is -1.90. The number of hydrogen-bond donors (Lipinski definition) is 0. The van der Waals surface area contributed by atoms with E-state index in [1.807, 2.05) is 37.3 Å². The van der Waals surface area contributed by atoms with Gasteiger partial charge in [-0.1, -0.05) is 50.1 Å². The SMILES string of the molecule is CC(Cc1ccn(C2CCCC2)n1)C(=O)c1ccccc1. The first-order valence-electron chi connectivity index (χ1n) is 7.87. The third-order valence-corrected chi connectivity index (χ3v) is 4.38. The average molecular weight is 282 g/mol. The summed E-state index contributed by atoms with van der Waals surface area (Å²) in [6.45, 7) is 1.99. The first-order chi connectivity index (χ1) is 10.2. The van der Waals surface area contributed by atoms with E-state index in [1.54, 1.807) is 0 Å². The summed E-state index contributed by atoms with van der Waals surface area (Å²) in [4.78, 5) is 12.4. The standard InChI is InChI=1S/C18H22N2O/c1-14(18(21)15-7-3-2-4-8-15)13-16-11-12-20(19-16)17-9-5-6-10-17/h2-4,7-8,11-12,14,17H,5-6,9-10,13H2,1H3. The molecule has 0 bridgehead atoms. The van der Waals surface area contributed by atoms with Crippen molar-refractivity contribution in [3.05, 3.63) is 53.9 Å². The van der Waals surface area contributed by atoms with Gasteiger partial charge in [-0.3, -0.25) is 9.48 Å². The van der Waals surface area contributed by atoms with Crippen molar-refractivity contribution in [3.63, 3.8) is 0 Å². The summed E-state index contributed by atoms with van der Waals surface area (Å²) in [6, 6.07) is 12.2. The van der Waals surface area contributed by atoms with Gasteiger partial charge in [0.25, 0.3) is 0 Å². The maximum Gasteiger partial charge on any atom is 0.166 e. The van der Waals surface area contributed by atoms with Crippen molar-refractivity contribution in [2.75, 3.05) is 0 Å². The summed E-state index contributed by atoms with van der Waals surface area (Å²) in [5, 5.41) is 4.67. The molecule has 1 aromatic heterocycles. The minimum atomic E-state index is -0.0284. The lowest BCUT2D eigenvalue weighted by Gasteiger charge is -2.10. The fourth-order valence-corrected chi connectivity index (χ4v) is 3.15. The summed E-state index contributed by atoms with van der Waals surface area (Å²) in [5.41, 5.74) is 1.82. The highest BCUT2D eigenvalue weighted by Gasteiger charge is 2.20. The fourth-order valence-electron chi connectivity index (χ4n) is 3.15. The molecule has 1 heterocycles. The second kappa shape index (κ2) is 6.25.